The zero-order valence-corrected chi connectivity index (χ0v) is 11.6. The summed E-state index contributed by atoms with van der Waals surface area (Å²) < 4.78 is 5.67. The van der Waals surface area contributed by atoms with Crippen LogP contribution in [0.15, 0.2) is 0 Å². The van der Waals surface area contributed by atoms with Gasteiger partial charge in [-0.3, -0.25) is 4.90 Å². The summed E-state index contributed by atoms with van der Waals surface area (Å²) in [7, 11) is 0. The Bertz CT molecular complexity index is 234. The molecular weight excluding hydrogens is 212 g/mol. The first kappa shape index (κ1) is 13.3. The minimum atomic E-state index is 0.460. The fraction of sp³-hybridized carbons (Fsp3) is 1.00. The van der Waals surface area contributed by atoms with E-state index >= 15 is 0 Å². The van der Waals surface area contributed by atoms with Gasteiger partial charge in [0.25, 0.3) is 0 Å². The largest absolute Gasteiger partial charge is 0.378 e. The van der Waals surface area contributed by atoms with E-state index in [9.17, 15) is 0 Å². The van der Waals surface area contributed by atoms with E-state index in [1.807, 2.05) is 0 Å². The van der Waals surface area contributed by atoms with Gasteiger partial charge in [0.1, 0.15) is 0 Å². The van der Waals surface area contributed by atoms with Gasteiger partial charge in [-0.1, -0.05) is 13.3 Å². The van der Waals surface area contributed by atoms with Crippen LogP contribution in [0.5, 0.6) is 0 Å². The van der Waals surface area contributed by atoms with Crippen molar-refractivity contribution in [2.24, 2.45) is 5.92 Å². The number of ether oxygens (including phenoxy) is 1. The van der Waals surface area contributed by atoms with Crippen LogP contribution in [0.1, 0.15) is 40.0 Å². The summed E-state index contributed by atoms with van der Waals surface area (Å²) in [4.78, 5) is 2.67. The lowest BCUT2D eigenvalue weighted by Gasteiger charge is -2.40. The first-order valence-electron chi connectivity index (χ1n) is 7.29. The number of piperazine rings is 1. The summed E-state index contributed by atoms with van der Waals surface area (Å²) in [6.45, 7) is 11.4. The molecule has 0 aromatic heterocycles. The maximum Gasteiger partial charge on any atom is 0.0588 e. The molecule has 0 amide bonds. The first-order chi connectivity index (χ1) is 8.20. The fourth-order valence-electron chi connectivity index (χ4n) is 3.11. The number of hydrogen-bond donors (Lipinski definition) is 1. The van der Waals surface area contributed by atoms with Crippen molar-refractivity contribution in [3.8, 4) is 0 Å². The van der Waals surface area contributed by atoms with Crippen LogP contribution < -0.4 is 5.32 Å². The fourth-order valence-corrected chi connectivity index (χ4v) is 3.11. The molecular formula is C14H28N2O. The van der Waals surface area contributed by atoms with Crippen LogP contribution in [-0.2, 0) is 4.74 Å². The van der Waals surface area contributed by atoms with Gasteiger partial charge in [0.05, 0.1) is 6.10 Å². The second kappa shape index (κ2) is 6.17. The van der Waals surface area contributed by atoms with E-state index in [2.05, 4.69) is 31.0 Å². The molecule has 2 rings (SSSR count). The van der Waals surface area contributed by atoms with Crippen LogP contribution in [0.2, 0.25) is 0 Å². The van der Waals surface area contributed by atoms with Crippen LogP contribution >= 0.6 is 0 Å². The number of rotatable bonds is 4. The summed E-state index contributed by atoms with van der Waals surface area (Å²) in [5.41, 5.74) is 0. The van der Waals surface area contributed by atoms with Gasteiger partial charge >= 0.3 is 0 Å². The van der Waals surface area contributed by atoms with E-state index in [0.29, 0.717) is 18.2 Å². The molecule has 3 nitrogen and oxygen atoms in total. The molecule has 2 aliphatic rings. The summed E-state index contributed by atoms with van der Waals surface area (Å²) in [6.07, 6.45) is 4.29. The molecule has 0 saturated carbocycles. The average molecular weight is 240 g/mol. The third-order valence-corrected chi connectivity index (χ3v) is 4.42. The van der Waals surface area contributed by atoms with Crippen molar-refractivity contribution >= 4 is 0 Å². The van der Waals surface area contributed by atoms with Crippen LogP contribution in [0, 0.1) is 5.92 Å². The molecule has 1 N–H and O–H groups in total. The maximum atomic E-state index is 5.67. The Hall–Kier alpha value is -0.120. The molecule has 0 aromatic rings. The highest BCUT2D eigenvalue weighted by Crippen LogP contribution is 2.23. The lowest BCUT2D eigenvalue weighted by Crippen LogP contribution is -2.56. The number of nitrogens with one attached hydrogen (secondary N) is 1. The Morgan fingerprint density at radius 1 is 1.35 bits per heavy atom. The van der Waals surface area contributed by atoms with E-state index < -0.39 is 0 Å². The minimum Gasteiger partial charge on any atom is -0.378 e. The van der Waals surface area contributed by atoms with Crippen LogP contribution in [-0.4, -0.2) is 49.3 Å². The van der Waals surface area contributed by atoms with Crippen molar-refractivity contribution in [1.29, 1.82) is 0 Å². The van der Waals surface area contributed by atoms with Crippen LogP contribution in [0.3, 0.4) is 0 Å². The molecule has 4 unspecified atom stereocenters. The summed E-state index contributed by atoms with van der Waals surface area (Å²) in [5.74, 6) is 0.748. The zero-order valence-electron chi connectivity index (χ0n) is 11.6. The lowest BCUT2D eigenvalue weighted by atomic mass is 9.99. The molecule has 4 atom stereocenters. The number of nitrogens with zero attached hydrogens (tertiary/aromatic N) is 1. The van der Waals surface area contributed by atoms with Gasteiger partial charge in [0.2, 0.25) is 0 Å². The van der Waals surface area contributed by atoms with E-state index in [-0.39, 0.29) is 0 Å². The van der Waals surface area contributed by atoms with E-state index in [4.69, 9.17) is 4.74 Å². The van der Waals surface area contributed by atoms with Crippen molar-refractivity contribution < 1.29 is 4.74 Å². The first-order valence-corrected chi connectivity index (χ1v) is 7.29. The lowest BCUT2D eigenvalue weighted by molar-refractivity contribution is 0.0705. The third-order valence-electron chi connectivity index (χ3n) is 4.42. The molecule has 100 valence electrons. The minimum absolute atomic E-state index is 0.460. The topological polar surface area (TPSA) is 24.5 Å². The molecule has 2 aliphatic heterocycles. The summed E-state index contributed by atoms with van der Waals surface area (Å²) >= 11 is 0. The molecule has 0 aromatic carbocycles. The molecule has 17 heavy (non-hydrogen) atoms. The monoisotopic (exact) mass is 240 g/mol. The zero-order chi connectivity index (χ0) is 12.3. The van der Waals surface area contributed by atoms with Crippen LogP contribution in [0.4, 0.5) is 0 Å². The highest BCUT2D eigenvalue weighted by atomic mass is 16.5. The van der Waals surface area contributed by atoms with Gasteiger partial charge in [0.15, 0.2) is 0 Å². The highest BCUT2D eigenvalue weighted by Gasteiger charge is 2.30. The Labute approximate surface area is 106 Å². The number of hydrogen-bond acceptors (Lipinski definition) is 3. The molecule has 0 spiro atoms. The Morgan fingerprint density at radius 3 is 2.82 bits per heavy atom. The predicted octanol–water partition coefficient (Wildman–Crippen LogP) is 1.87. The normalized spacial score (nSPS) is 39.7. The Balaban J connectivity index is 1.84. The molecule has 0 aliphatic carbocycles. The summed E-state index contributed by atoms with van der Waals surface area (Å²) in [6, 6.07) is 1.38. The third kappa shape index (κ3) is 3.43. The van der Waals surface area contributed by atoms with Gasteiger partial charge in [-0.25, -0.2) is 0 Å². The van der Waals surface area contributed by atoms with Crippen LogP contribution in [0.25, 0.3) is 0 Å². The second-order valence-corrected chi connectivity index (χ2v) is 5.82. The van der Waals surface area contributed by atoms with Gasteiger partial charge in [-0.15, -0.1) is 0 Å². The maximum absolute atomic E-state index is 5.67. The van der Waals surface area contributed by atoms with Gasteiger partial charge < -0.3 is 10.1 Å². The second-order valence-electron chi connectivity index (χ2n) is 5.82. The van der Waals surface area contributed by atoms with Gasteiger partial charge in [-0.05, 0) is 32.6 Å². The molecule has 0 radical (unpaired) electrons. The van der Waals surface area contributed by atoms with Crippen molar-refractivity contribution in [2.75, 3.05) is 26.2 Å². The molecule has 2 heterocycles. The van der Waals surface area contributed by atoms with E-state index in [0.717, 1.165) is 19.1 Å². The highest BCUT2D eigenvalue weighted by molar-refractivity contribution is 4.86. The van der Waals surface area contributed by atoms with Crippen molar-refractivity contribution in [3.63, 3.8) is 0 Å². The van der Waals surface area contributed by atoms with E-state index in [1.165, 1.54) is 32.4 Å². The summed E-state index contributed by atoms with van der Waals surface area (Å²) in [5, 5.41) is 3.66. The van der Waals surface area contributed by atoms with Gasteiger partial charge in [0, 0.05) is 38.3 Å². The molecule has 3 heteroatoms. The van der Waals surface area contributed by atoms with Gasteiger partial charge in [-0.2, -0.15) is 0 Å². The quantitative estimate of drug-likeness (QED) is 0.812. The standard InChI is InChI=1S/C14H28N2O/c1-4-5-14-10-16(11(2)8-15-14)9-13-6-7-17-12(13)3/h11-15H,4-10H2,1-3H3. The SMILES string of the molecule is CCCC1CN(CC2CCOC2C)C(C)CN1. The molecule has 2 fully saturated rings. The Morgan fingerprint density at radius 2 is 2.18 bits per heavy atom. The van der Waals surface area contributed by atoms with E-state index in [1.54, 1.807) is 0 Å². The predicted molar refractivity (Wildman–Crippen MR) is 71.3 cm³/mol. The van der Waals surface area contributed by atoms with Crippen molar-refractivity contribution in [1.82, 2.24) is 10.2 Å². The smallest absolute Gasteiger partial charge is 0.0588 e. The van der Waals surface area contributed by atoms with Crippen molar-refractivity contribution in [3.05, 3.63) is 0 Å². The Kier molecular flexibility index (Phi) is 4.83. The van der Waals surface area contributed by atoms with Crippen molar-refractivity contribution in [2.45, 2.75) is 58.2 Å². The molecule has 0 bridgehead atoms. The average Bonchev–Trinajstić information content (AvgIpc) is 2.70. The molecule has 2 saturated heterocycles.